The first-order valence-electron chi connectivity index (χ1n) is 6.06. The van der Waals surface area contributed by atoms with Gasteiger partial charge in [-0.2, -0.15) is 0 Å². The number of ether oxygens (including phenoxy) is 1. The highest BCUT2D eigenvalue weighted by atomic mass is 19.1. The van der Waals surface area contributed by atoms with Gasteiger partial charge in [-0.25, -0.2) is 14.2 Å². The third-order valence-corrected chi connectivity index (χ3v) is 2.53. The first-order chi connectivity index (χ1) is 9.61. The summed E-state index contributed by atoms with van der Waals surface area (Å²) in [5, 5.41) is 2.76. The largest absolute Gasteiger partial charge is 0.462 e. The average molecular weight is 275 g/mol. The number of para-hydroxylation sites is 1. The van der Waals surface area contributed by atoms with Crippen molar-refractivity contribution in [3.63, 3.8) is 0 Å². The van der Waals surface area contributed by atoms with E-state index in [9.17, 15) is 9.18 Å². The molecule has 0 saturated carbocycles. The van der Waals surface area contributed by atoms with Crippen LogP contribution in [0.3, 0.4) is 0 Å². The first kappa shape index (κ1) is 13.8. The van der Waals surface area contributed by atoms with Gasteiger partial charge in [0.25, 0.3) is 0 Å². The minimum Gasteiger partial charge on any atom is -0.462 e. The third kappa shape index (κ3) is 3.03. The van der Waals surface area contributed by atoms with Crippen LogP contribution in [0.4, 0.5) is 21.6 Å². The predicted molar refractivity (Wildman–Crippen MR) is 74.3 cm³/mol. The lowest BCUT2D eigenvalue weighted by Gasteiger charge is -2.11. The molecule has 5 nitrogen and oxygen atoms in total. The van der Waals surface area contributed by atoms with Gasteiger partial charge in [-0.1, -0.05) is 12.1 Å². The Morgan fingerprint density at radius 3 is 2.90 bits per heavy atom. The van der Waals surface area contributed by atoms with Crippen molar-refractivity contribution in [2.24, 2.45) is 0 Å². The van der Waals surface area contributed by atoms with E-state index in [0.29, 0.717) is 5.69 Å². The van der Waals surface area contributed by atoms with Crippen molar-refractivity contribution >= 4 is 23.2 Å². The number of carbonyl (C=O) groups excluding carboxylic acids is 1. The molecule has 1 heterocycles. The second-order valence-corrected chi connectivity index (χ2v) is 3.99. The number of anilines is 3. The molecule has 0 radical (unpaired) electrons. The summed E-state index contributed by atoms with van der Waals surface area (Å²) in [7, 11) is 0. The number of nitrogens with zero attached hydrogens (tertiary/aromatic N) is 1. The quantitative estimate of drug-likeness (QED) is 0.839. The van der Waals surface area contributed by atoms with Gasteiger partial charge in [-0.15, -0.1) is 0 Å². The van der Waals surface area contributed by atoms with Crippen LogP contribution in [-0.2, 0) is 4.74 Å². The van der Waals surface area contributed by atoms with E-state index in [2.05, 4.69) is 10.3 Å². The molecule has 0 aliphatic rings. The maximum atomic E-state index is 13.6. The third-order valence-electron chi connectivity index (χ3n) is 2.53. The second-order valence-electron chi connectivity index (χ2n) is 3.99. The van der Waals surface area contributed by atoms with Gasteiger partial charge in [0.2, 0.25) is 0 Å². The molecule has 1 aromatic carbocycles. The van der Waals surface area contributed by atoms with Crippen LogP contribution in [0.15, 0.2) is 36.5 Å². The number of nitrogens with one attached hydrogen (secondary N) is 1. The van der Waals surface area contributed by atoms with E-state index in [0.717, 1.165) is 0 Å². The number of halogens is 1. The van der Waals surface area contributed by atoms with Gasteiger partial charge in [-0.05, 0) is 25.1 Å². The number of hydrogen-bond acceptors (Lipinski definition) is 5. The van der Waals surface area contributed by atoms with E-state index in [1.807, 2.05) is 0 Å². The van der Waals surface area contributed by atoms with Crippen LogP contribution in [0.2, 0.25) is 0 Å². The number of benzene rings is 1. The van der Waals surface area contributed by atoms with Crippen molar-refractivity contribution in [3.8, 4) is 0 Å². The number of rotatable bonds is 4. The fourth-order valence-electron chi connectivity index (χ4n) is 1.64. The topological polar surface area (TPSA) is 77.2 Å². The van der Waals surface area contributed by atoms with Gasteiger partial charge in [-0.3, -0.25) is 0 Å². The Morgan fingerprint density at radius 1 is 1.45 bits per heavy atom. The summed E-state index contributed by atoms with van der Waals surface area (Å²) in [6.07, 6.45) is 1.38. The molecule has 0 spiro atoms. The van der Waals surface area contributed by atoms with E-state index in [4.69, 9.17) is 10.5 Å². The molecule has 2 rings (SSSR count). The summed E-state index contributed by atoms with van der Waals surface area (Å²) in [5.41, 5.74) is 6.32. The molecule has 0 atom stereocenters. The molecule has 6 heteroatoms. The van der Waals surface area contributed by atoms with Gasteiger partial charge >= 0.3 is 5.97 Å². The standard InChI is InChI=1S/C14H14FN3O2/c1-2-20-14(19)10-7-9(16)8-17-13(10)18-12-6-4-3-5-11(12)15/h3-8H,2,16H2,1H3,(H,17,18). The average Bonchev–Trinajstić information content (AvgIpc) is 2.43. The maximum Gasteiger partial charge on any atom is 0.341 e. The molecule has 1 aromatic heterocycles. The lowest BCUT2D eigenvalue weighted by molar-refractivity contribution is 0.0527. The summed E-state index contributed by atoms with van der Waals surface area (Å²) in [6.45, 7) is 1.92. The highest BCUT2D eigenvalue weighted by Crippen LogP contribution is 2.23. The second kappa shape index (κ2) is 6.01. The van der Waals surface area contributed by atoms with Crippen molar-refractivity contribution in [2.45, 2.75) is 6.92 Å². The van der Waals surface area contributed by atoms with E-state index in [-0.39, 0.29) is 23.7 Å². The number of esters is 1. The number of nitrogens with two attached hydrogens (primary N) is 1. The van der Waals surface area contributed by atoms with E-state index < -0.39 is 11.8 Å². The summed E-state index contributed by atoms with van der Waals surface area (Å²) < 4.78 is 18.5. The Hall–Kier alpha value is -2.63. The number of aromatic nitrogens is 1. The van der Waals surface area contributed by atoms with Crippen LogP contribution in [0, 0.1) is 5.82 Å². The lowest BCUT2D eigenvalue weighted by atomic mass is 10.2. The Kier molecular flexibility index (Phi) is 4.14. The Morgan fingerprint density at radius 2 is 2.20 bits per heavy atom. The molecular formula is C14H14FN3O2. The number of carbonyl (C=O) groups is 1. The van der Waals surface area contributed by atoms with Crippen LogP contribution >= 0.6 is 0 Å². The smallest absolute Gasteiger partial charge is 0.341 e. The fraction of sp³-hybridized carbons (Fsp3) is 0.143. The van der Waals surface area contributed by atoms with Crippen molar-refractivity contribution in [2.75, 3.05) is 17.7 Å². The SMILES string of the molecule is CCOC(=O)c1cc(N)cnc1Nc1ccccc1F. The van der Waals surface area contributed by atoms with Gasteiger partial charge in [0.05, 0.1) is 24.2 Å². The molecule has 20 heavy (non-hydrogen) atoms. The summed E-state index contributed by atoms with van der Waals surface area (Å²) >= 11 is 0. The molecule has 0 aliphatic heterocycles. The van der Waals surface area contributed by atoms with Gasteiger partial charge < -0.3 is 15.8 Å². The molecule has 104 valence electrons. The minimum absolute atomic E-state index is 0.162. The molecule has 0 aliphatic carbocycles. The minimum atomic E-state index is -0.564. The first-order valence-corrected chi connectivity index (χ1v) is 6.06. The zero-order chi connectivity index (χ0) is 14.5. The van der Waals surface area contributed by atoms with Gasteiger partial charge in [0.15, 0.2) is 0 Å². The monoisotopic (exact) mass is 275 g/mol. The zero-order valence-corrected chi connectivity index (χ0v) is 10.9. The number of hydrogen-bond donors (Lipinski definition) is 2. The number of pyridine rings is 1. The highest BCUT2D eigenvalue weighted by Gasteiger charge is 2.15. The van der Waals surface area contributed by atoms with Crippen molar-refractivity contribution in [3.05, 3.63) is 47.9 Å². The zero-order valence-electron chi connectivity index (χ0n) is 10.9. The fourth-order valence-corrected chi connectivity index (χ4v) is 1.64. The van der Waals surface area contributed by atoms with Gasteiger partial charge in [0.1, 0.15) is 17.2 Å². The molecule has 0 unspecified atom stereocenters. The lowest BCUT2D eigenvalue weighted by Crippen LogP contribution is -2.10. The van der Waals surface area contributed by atoms with E-state index >= 15 is 0 Å². The van der Waals surface area contributed by atoms with Crippen LogP contribution in [0.25, 0.3) is 0 Å². The molecule has 0 bridgehead atoms. The van der Waals surface area contributed by atoms with E-state index in [1.54, 1.807) is 25.1 Å². The van der Waals surface area contributed by atoms with Gasteiger partial charge in [0, 0.05) is 0 Å². The highest BCUT2D eigenvalue weighted by molar-refractivity contribution is 5.96. The molecular weight excluding hydrogens is 261 g/mol. The van der Waals surface area contributed by atoms with Crippen LogP contribution in [0.5, 0.6) is 0 Å². The Balaban J connectivity index is 2.36. The van der Waals surface area contributed by atoms with E-state index in [1.165, 1.54) is 18.3 Å². The Labute approximate surface area is 115 Å². The van der Waals surface area contributed by atoms with Crippen LogP contribution in [-0.4, -0.2) is 17.6 Å². The van der Waals surface area contributed by atoms with Crippen molar-refractivity contribution in [1.82, 2.24) is 4.98 Å². The molecule has 0 saturated heterocycles. The van der Waals surface area contributed by atoms with Crippen LogP contribution < -0.4 is 11.1 Å². The summed E-state index contributed by atoms with van der Waals surface area (Å²) in [6, 6.07) is 7.54. The molecule has 0 fully saturated rings. The molecule has 2 aromatic rings. The van der Waals surface area contributed by atoms with Crippen molar-refractivity contribution < 1.29 is 13.9 Å². The molecule has 0 amide bonds. The van der Waals surface area contributed by atoms with Crippen LogP contribution in [0.1, 0.15) is 17.3 Å². The Bertz CT molecular complexity index is 632. The summed E-state index contributed by atoms with van der Waals surface area (Å²) in [5.74, 6) is -0.810. The number of nitrogen functional groups attached to an aromatic ring is 1. The summed E-state index contributed by atoms with van der Waals surface area (Å²) in [4.78, 5) is 15.9. The predicted octanol–water partition coefficient (Wildman–Crippen LogP) is 2.72. The molecule has 3 N–H and O–H groups in total. The normalized spacial score (nSPS) is 10.1. The maximum absolute atomic E-state index is 13.6. The van der Waals surface area contributed by atoms with Crippen molar-refractivity contribution in [1.29, 1.82) is 0 Å².